The number of amides is 1. The average molecular weight is 312 g/mol. The summed E-state index contributed by atoms with van der Waals surface area (Å²) in [5.74, 6) is 0.361. The van der Waals surface area contributed by atoms with Crippen molar-refractivity contribution in [3.63, 3.8) is 0 Å². The van der Waals surface area contributed by atoms with Gasteiger partial charge >= 0.3 is 0 Å². The number of aryl methyl sites for hydroxylation is 1. The zero-order chi connectivity index (χ0) is 15.5. The molecule has 2 aromatic heterocycles. The van der Waals surface area contributed by atoms with E-state index >= 15 is 0 Å². The molecule has 21 heavy (non-hydrogen) atoms. The van der Waals surface area contributed by atoms with Crippen LogP contribution in [0.5, 0.6) is 0 Å². The molecule has 3 N–H and O–H groups in total. The van der Waals surface area contributed by atoms with E-state index in [4.69, 9.17) is 0 Å². The SMILES string of the molecule is CCc1ncc(S(=O)(=O)Nc2cnn(CC(=O)NC)c2)[nH]1. The normalized spacial score (nSPS) is 11.3. The summed E-state index contributed by atoms with van der Waals surface area (Å²) in [6, 6.07) is 0. The molecule has 0 bridgehead atoms. The summed E-state index contributed by atoms with van der Waals surface area (Å²) in [6.45, 7) is 1.88. The molecule has 0 aliphatic rings. The van der Waals surface area contributed by atoms with Crippen LogP contribution in [0.2, 0.25) is 0 Å². The highest BCUT2D eigenvalue weighted by Crippen LogP contribution is 2.13. The predicted octanol–water partition coefficient (Wildman–Crippen LogP) is -0.285. The Balaban J connectivity index is 2.11. The Labute approximate surface area is 121 Å². The molecular formula is C11H16N6O3S. The maximum Gasteiger partial charge on any atom is 0.279 e. The van der Waals surface area contributed by atoms with Crippen LogP contribution in [-0.4, -0.2) is 41.1 Å². The van der Waals surface area contributed by atoms with Crippen LogP contribution in [0.1, 0.15) is 12.7 Å². The number of aromatic amines is 1. The molecule has 2 rings (SSSR count). The van der Waals surface area contributed by atoms with E-state index in [0.29, 0.717) is 12.2 Å². The molecule has 2 heterocycles. The van der Waals surface area contributed by atoms with Gasteiger partial charge in [-0.1, -0.05) is 6.92 Å². The van der Waals surface area contributed by atoms with Gasteiger partial charge in [-0.3, -0.25) is 14.2 Å². The number of likely N-dealkylation sites (N-methyl/N-ethyl adjacent to an activating group) is 1. The molecule has 0 unspecified atom stereocenters. The third-order valence-corrected chi connectivity index (χ3v) is 3.99. The van der Waals surface area contributed by atoms with Crippen LogP contribution < -0.4 is 10.0 Å². The summed E-state index contributed by atoms with van der Waals surface area (Å²) in [7, 11) is -2.23. The quantitative estimate of drug-likeness (QED) is 0.677. The number of nitrogens with one attached hydrogen (secondary N) is 3. The van der Waals surface area contributed by atoms with Gasteiger partial charge in [0.15, 0.2) is 5.03 Å². The summed E-state index contributed by atoms with van der Waals surface area (Å²) < 4.78 is 27.9. The Hall–Kier alpha value is -2.36. The van der Waals surface area contributed by atoms with Crippen molar-refractivity contribution < 1.29 is 13.2 Å². The molecule has 114 valence electrons. The Morgan fingerprint density at radius 1 is 1.43 bits per heavy atom. The lowest BCUT2D eigenvalue weighted by molar-refractivity contribution is -0.121. The maximum atomic E-state index is 12.1. The van der Waals surface area contributed by atoms with Gasteiger partial charge in [-0.25, -0.2) is 4.98 Å². The summed E-state index contributed by atoms with van der Waals surface area (Å²) >= 11 is 0. The Kier molecular flexibility index (Phi) is 4.26. The van der Waals surface area contributed by atoms with Crippen LogP contribution in [0, 0.1) is 0 Å². The minimum atomic E-state index is -3.75. The van der Waals surface area contributed by atoms with Crippen LogP contribution in [0.3, 0.4) is 0 Å². The molecule has 0 atom stereocenters. The number of hydrogen-bond donors (Lipinski definition) is 3. The van der Waals surface area contributed by atoms with Crippen molar-refractivity contribution >= 4 is 21.6 Å². The average Bonchev–Trinajstić information content (AvgIpc) is 3.07. The lowest BCUT2D eigenvalue weighted by Gasteiger charge is -2.03. The molecule has 0 aliphatic heterocycles. The van der Waals surface area contributed by atoms with Gasteiger partial charge < -0.3 is 10.3 Å². The van der Waals surface area contributed by atoms with Crippen LogP contribution in [-0.2, 0) is 27.8 Å². The largest absolute Gasteiger partial charge is 0.358 e. The first-order chi connectivity index (χ1) is 9.94. The fraction of sp³-hybridized carbons (Fsp3) is 0.364. The summed E-state index contributed by atoms with van der Waals surface area (Å²) in [4.78, 5) is 17.9. The van der Waals surface area contributed by atoms with Crippen LogP contribution >= 0.6 is 0 Å². The lowest BCUT2D eigenvalue weighted by atomic mass is 10.5. The van der Waals surface area contributed by atoms with E-state index in [-0.39, 0.29) is 23.2 Å². The van der Waals surface area contributed by atoms with E-state index in [1.807, 2.05) is 6.92 Å². The van der Waals surface area contributed by atoms with Crippen molar-refractivity contribution in [2.45, 2.75) is 24.9 Å². The van der Waals surface area contributed by atoms with E-state index < -0.39 is 10.0 Å². The molecule has 2 aromatic rings. The van der Waals surface area contributed by atoms with Gasteiger partial charge in [0, 0.05) is 19.7 Å². The first-order valence-electron chi connectivity index (χ1n) is 6.24. The fourth-order valence-corrected chi connectivity index (χ4v) is 2.57. The molecule has 10 heteroatoms. The van der Waals surface area contributed by atoms with Crippen molar-refractivity contribution in [3.8, 4) is 0 Å². The first kappa shape index (κ1) is 15.0. The number of anilines is 1. The van der Waals surface area contributed by atoms with Crippen molar-refractivity contribution in [1.82, 2.24) is 25.1 Å². The van der Waals surface area contributed by atoms with Gasteiger partial charge in [0.1, 0.15) is 12.4 Å². The Morgan fingerprint density at radius 3 is 2.81 bits per heavy atom. The monoisotopic (exact) mass is 312 g/mol. The number of hydrogen-bond acceptors (Lipinski definition) is 5. The first-order valence-corrected chi connectivity index (χ1v) is 7.72. The van der Waals surface area contributed by atoms with E-state index in [2.05, 4.69) is 25.1 Å². The predicted molar refractivity (Wildman–Crippen MR) is 75.1 cm³/mol. The van der Waals surface area contributed by atoms with E-state index in [1.165, 1.54) is 30.3 Å². The molecule has 0 saturated heterocycles. The Bertz CT molecular complexity index is 733. The molecule has 0 aliphatic carbocycles. The zero-order valence-electron chi connectivity index (χ0n) is 11.6. The second kappa shape index (κ2) is 5.95. The fourth-order valence-electron chi connectivity index (χ4n) is 1.60. The van der Waals surface area contributed by atoms with E-state index in [9.17, 15) is 13.2 Å². The molecule has 0 fully saturated rings. The van der Waals surface area contributed by atoms with E-state index in [1.54, 1.807) is 0 Å². The van der Waals surface area contributed by atoms with Gasteiger partial charge in [-0.05, 0) is 0 Å². The number of H-pyrrole nitrogens is 1. The number of carbonyl (C=O) groups excluding carboxylic acids is 1. The highest BCUT2D eigenvalue weighted by molar-refractivity contribution is 7.92. The maximum absolute atomic E-state index is 12.1. The summed E-state index contributed by atoms with van der Waals surface area (Å²) in [5.41, 5.74) is 0.270. The number of carbonyl (C=O) groups is 1. The number of sulfonamides is 1. The van der Waals surface area contributed by atoms with Gasteiger partial charge in [-0.15, -0.1) is 0 Å². The van der Waals surface area contributed by atoms with Crippen molar-refractivity contribution in [2.24, 2.45) is 0 Å². The van der Waals surface area contributed by atoms with Gasteiger partial charge in [0.05, 0.1) is 18.1 Å². The smallest absolute Gasteiger partial charge is 0.279 e. The molecular weight excluding hydrogens is 296 g/mol. The number of rotatable bonds is 6. The van der Waals surface area contributed by atoms with Crippen molar-refractivity contribution in [2.75, 3.05) is 11.8 Å². The van der Waals surface area contributed by atoms with E-state index in [0.717, 1.165) is 0 Å². The third-order valence-electron chi connectivity index (χ3n) is 2.70. The van der Waals surface area contributed by atoms with Crippen molar-refractivity contribution in [3.05, 3.63) is 24.4 Å². The van der Waals surface area contributed by atoms with Crippen molar-refractivity contribution in [1.29, 1.82) is 0 Å². The minimum Gasteiger partial charge on any atom is -0.358 e. The molecule has 0 aromatic carbocycles. The number of nitrogens with zero attached hydrogens (tertiary/aromatic N) is 3. The number of imidazole rings is 1. The van der Waals surface area contributed by atoms with Crippen LogP contribution in [0.4, 0.5) is 5.69 Å². The van der Waals surface area contributed by atoms with Crippen LogP contribution in [0.25, 0.3) is 0 Å². The zero-order valence-corrected chi connectivity index (χ0v) is 12.4. The lowest BCUT2D eigenvalue weighted by Crippen LogP contribution is -2.23. The second-order valence-corrected chi connectivity index (χ2v) is 5.90. The third kappa shape index (κ3) is 3.60. The second-order valence-electron chi connectivity index (χ2n) is 4.25. The van der Waals surface area contributed by atoms with Gasteiger partial charge in [0.25, 0.3) is 10.0 Å². The summed E-state index contributed by atoms with van der Waals surface area (Å²) in [5, 5.41) is 6.35. The van der Waals surface area contributed by atoms with Crippen LogP contribution in [0.15, 0.2) is 23.6 Å². The molecule has 0 radical (unpaired) electrons. The number of aromatic nitrogens is 4. The summed E-state index contributed by atoms with van der Waals surface area (Å²) in [6.07, 6.45) is 4.64. The molecule has 0 saturated carbocycles. The molecule has 1 amide bonds. The highest BCUT2D eigenvalue weighted by Gasteiger charge is 2.18. The topological polar surface area (TPSA) is 122 Å². The molecule has 0 spiro atoms. The standard InChI is InChI=1S/C11H16N6O3S/c1-3-9-13-5-11(15-9)21(19,20)16-8-4-14-17(6-8)7-10(18)12-2/h4-6,16H,3,7H2,1-2H3,(H,12,18)(H,13,15). The van der Waals surface area contributed by atoms with Gasteiger partial charge in [0.2, 0.25) is 5.91 Å². The Morgan fingerprint density at radius 2 is 2.19 bits per heavy atom. The highest BCUT2D eigenvalue weighted by atomic mass is 32.2. The van der Waals surface area contributed by atoms with Gasteiger partial charge in [-0.2, -0.15) is 13.5 Å². The minimum absolute atomic E-state index is 0.0154. The molecule has 9 nitrogen and oxygen atoms in total.